The molecule has 0 aromatic rings. The SMILES string of the molecule is C=C[C@@H]1CCCC[C@@H]1C=C. The minimum absolute atomic E-state index is 0.714. The van der Waals surface area contributed by atoms with Crippen molar-refractivity contribution in [3.8, 4) is 0 Å². The summed E-state index contributed by atoms with van der Waals surface area (Å²) < 4.78 is 0. The average Bonchev–Trinajstić information content (AvgIpc) is 2.04. The molecular weight excluding hydrogens is 120 g/mol. The molecule has 1 aliphatic carbocycles. The molecular formula is C10H16. The lowest BCUT2D eigenvalue weighted by molar-refractivity contribution is 0.338. The molecule has 0 aromatic heterocycles. The van der Waals surface area contributed by atoms with Crippen molar-refractivity contribution in [1.82, 2.24) is 0 Å². The molecule has 0 radical (unpaired) electrons. The van der Waals surface area contributed by atoms with Crippen LogP contribution in [-0.4, -0.2) is 0 Å². The maximum absolute atomic E-state index is 3.83. The highest BCUT2D eigenvalue weighted by Crippen LogP contribution is 2.30. The van der Waals surface area contributed by atoms with Gasteiger partial charge in [0.15, 0.2) is 0 Å². The van der Waals surface area contributed by atoms with Gasteiger partial charge in [-0.2, -0.15) is 0 Å². The van der Waals surface area contributed by atoms with Gasteiger partial charge in [0.2, 0.25) is 0 Å². The minimum atomic E-state index is 0.714. The van der Waals surface area contributed by atoms with E-state index in [4.69, 9.17) is 0 Å². The zero-order chi connectivity index (χ0) is 7.40. The lowest BCUT2D eigenvalue weighted by Crippen LogP contribution is -2.14. The fourth-order valence-corrected chi connectivity index (χ4v) is 1.77. The number of hydrogen-bond donors (Lipinski definition) is 0. The molecule has 0 heteroatoms. The summed E-state index contributed by atoms with van der Waals surface area (Å²) in [6, 6.07) is 0. The Bertz CT molecular complexity index is 108. The van der Waals surface area contributed by atoms with Crippen LogP contribution in [0.5, 0.6) is 0 Å². The van der Waals surface area contributed by atoms with E-state index in [1.54, 1.807) is 0 Å². The first-order chi connectivity index (χ1) is 4.88. The third-order valence-electron chi connectivity index (χ3n) is 2.48. The predicted octanol–water partition coefficient (Wildman–Crippen LogP) is 3.16. The van der Waals surface area contributed by atoms with Crippen LogP contribution in [0.1, 0.15) is 25.7 Å². The quantitative estimate of drug-likeness (QED) is 0.511. The summed E-state index contributed by atoms with van der Waals surface area (Å²) in [5.74, 6) is 1.43. The molecule has 0 nitrogen and oxygen atoms in total. The molecule has 1 saturated carbocycles. The molecule has 0 aliphatic heterocycles. The Hall–Kier alpha value is -0.520. The van der Waals surface area contributed by atoms with E-state index in [9.17, 15) is 0 Å². The van der Waals surface area contributed by atoms with Crippen molar-refractivity contribution in [2.24, 2.45) is 11.8 Å². The number of allylic oxidation sites excluding steroid dienone is 2. The molecule has 10 heavy (non-hydrogen) atoms. The van der Waals surface area contributed by atoms with E-state index in [2.05, 4.69) is 25.3 Å². The van der Waals surface area contributed by atoms with Crippen molar-refractivity contribution in [2.45, 2.75) is 25.7 Å². The van der Waals surface area contributed by atoms with E-state index < -0.39 is 0 Å². The van der Waals surface area contributed by atoms with Crippen LogP contribution < -0.4 is 0 Å². The first kappa shape index (κ1) is 7.59. The summed E-state index contributed by atoms with van der Waals surface area (Å²) in [4.78, 5) is 0. The van der Waals surface area contributed by atoms with Crippen LogP contribution in [-0.2, 0) is 0 Å². The summed E-state index contributed by atoms with van der Waals surface area (Å²) in [6.07, 6.45) is 9.57. The molecule has 1 fully saturated rings. The third kappa shape index (κ3) is 1.50. The van der Waals surface area contributed by atoms with Crippen LogP contribution in [0.15, 0.2) is 25.3 Å². The van der Waals surface area contributed by atoms with Crippen molar-refractivity contribution in [2.75, 3.05) is 0 Å². The van der Waals surface area contributed by atoms with E-state index in [0.717, 1.165) is 0 Å². The van der Waals surface area contributed by atoms with Gasteiger partial charge in [0.25, 0.3) is 0 Å². The third-order valence-corrected chi connectivity index (χ3v) is 2.48. The van der Waals surface area contributed by atoms with Crippen molar-refractivity contribution in [3.05, 3.63) is 25.3 Å². The van der Waals surface area contributed by atoms with Gasteiger partial charge in [-0.3, -0.25) is 0 Å². The van der Waals surface area contributed by atoms with Crippen molar-refractivity contribution >= 4 is 0 Å². The van der Waals surface area contributed by atoms with Gasteiger partial charge >= 0.3 is 0 Å². The zero-order valence-corrected chi connectivity index (χ0v) is 6.55. The summed E-state index contributed by atoms with van der Waals surface area (Å²) in [5.41, 5.74) is 0. The van der Waals surface area contributed by atoms with E-state index in [1.165, 1.54) is 25.7 Å². The van der Waals surface area contributed by atoms with Crippen molar-refractivity contribution in [1.29, 1.82) is 0 Å². The molecule has 56 valence electrons. The van der Waals surface area contributed by atoms with Gasteiger partial charge in [-0.05, 0) is 24.7 Å². The topological polar surface area (TPSA) is 0 Å². The first-order valence-electron chi connectivity index (χ1n) is 4.13. The molecule has 0 unspecified atom stereocenters. The van der Waals surface area contributed by atoms with Gasteiger partial charge in [0, 0.05) is 0 Å². The Kier molecular flexibility index (Phi) is 2.73. The maximum atomic E-state index is 3.83. The monoisotopic (exact) mass is 136 g/mol. The zero-order valence-electron chi connectivity index (χ0n) is 6.55. The highest BCUT2D eigenvalue weighted by atomic mass is 14.2. The molecule has 0 heterocycles. The van der Waals surface area contributed by atoms with Crippen LogP contribution in [0.25, 0.3) is 0 Å². The van der Waals surface area contributed by atoms with Crippen LogP contribution in [0, 0.1) is 11.8 Å². The second kappa shape index (κ2) is 3.60. The highest BCUT2D eigenvalue weighted by molar-refractivity contribution is 4.94. The Balaban J connectivity index is 2.49. The first-order valence-corrected chi connectivity index (χ1v) is 4.13. The van der Waals surface area contributed by atoms with E-state index in [0.29, 0.717) is 11.8 Å². The minimum Gasteiger partial charge on any atom is -0.103 e. The molecule has 0 N–H and O–H groups in total. The van der Waals surface area contributed by atoms with Crippen molar-refractivity contribution < 1.29 is 0 Å². The molecule has 0 bridgehead atoms. The Labute approximate surface area is 63.6 Å². The Morgan fingerprint density at radius 3 is 1.60 bits per heavy atom. The normalized spacial score (nSPS) is 33.2. The van der Waals surface area contributed by atoms with Gasteiger partial charge in [-0.15, -0.1) is 13.2 Å². The Morgan fingerprint density at radius 1 is 0.900 bits per heavy atom. The molecule has 1 aliphatic rings. The molecule has 0 saturated heterocycles. The van der Waals surface area contributed by atoms with Crippen LogP contribution in [0.2, 0.25) is 0 Å². The second-order valence-electron chi connectivity index (χ2n) is 3.08. The van der Waals surface area contributed by atoms with Gasteiger partial charge in [-0.1, -0.05) is 25.0 Å². The summed E-state index contributed by atoms with van der Waals surface area (Å²) in [7, 11) is 0. The molecule has 2 atom stereocenters. The maximum Gasteiger partial charge on any atom is -0.0173 e. The molecule has 1 rings (SSSR count). The molecule has 0 amide bonds. The summed E-state index contributed by atoms with van der Waals surface area (Å²) in [6.45, 7) is 7.67. The fraction of sp³-hybridized carbons (Fsp3) is 0.600. The lowest BCUT2D eigenvalue weighted by Gasteiger charge is -2.26. The van der Waals surface area contributed by atoms with Gasteiger partial charge in [-0.25, -0.2) is 0 Å². The van der Waals surface area contributed by atoms with Crippen molar-refractivity contribution in [3.63, 3.8) is 0 Å². The lowest BCUT2D eigenvalue weighted by atomic mass is 9.79. The van der Waals surface area contributed by atoms with E-state index >= 15 is 0 Å². The van der Waals surface area contributed by atoms with Gasteiger partial charge in [0.05, 0.1) is 0 Å². The van der Waals surface area contributed by atoms with Gasteiger partial charge in [0.1, 0.15) is 0 Å². The van der Waals surface area contributed by atoms with Crippen LogP contribution in [0.4, 0.5) is 0 Å². The highest BCUT2D eigenvalue weighted by Gasteiger charge is 2.18. The second-order valence-corrected chi connectivity index (χ2v) is 3.08. The summed E-state index contributed by atoms with van der Waals surface area (Å²) >= 11 is 0. The molecule has 0 spiro atoms. The standard InChI is InChI=1S/C10H16/c1-3-9-7-5-6-8-10(9)4-2/h3-4,9-10H,1-2,5-8H2/t9-,10+. The smallest absolute Gasteiger partial charge is 0.0173 e. The van der Waals surface area contributed by atoms with Crippen LogP contribution in [0.3, 0.4) is 0 Å². The number of hydrogen-bond acceptors (Lipinski definition) is 0. The summed E-state index contributed by atoms with van der Waals surface area (Å²) in [5, 5.41) is 0. The average molecular weight is 136 g/mol. The molecule has 0 aromatic carbocycles. The largest absolute Gasteiger partial charge is 0.103 e. The van der Waals surface area contributed by atoms with E-state index in [-0.39, 0.29) is 0 Å². The Morgan fingerprint density at radius 2 is 1.30 bits per heavy atom. The van der Waals surface area contributed by atoms with Crippen LogP contribution >= 0.6 is 0 Å². The number of rotatable bonds is 2. The fourth-order valence-electron chi connectivity index (χ4n) is 1.77. The van der Waals surface area contributed by atoms with Gasteiger partial charge < -0.3 is 0 Å². The van der Waals surface area contributed by atoms with E-state index in [1.807, 2.05) is 0 Å². The predicted molar refractivity (Wildman–Crippen MR) is 45.8 cm³/mol.